The number of rotatable bonds is 5. The highest BCUT2D eigenvalue weighted by molar-refractivity contribution is 6.03. The quantitative estimate of drug-likeness (QED) is 0.266. The van der Waals surface area contributed by atoms with E-state index in [0.29, 0.717) is 29.2 Å². The number of amides is 1. The molecular formula is C30H34Cl2F6N4O. The molecule has 0 radical (unpaired) electrons. The fourth-order valence-electron chi connectivity index (χ4n) is 4.97. The van der Waals surface area contributed by atoms with Crippen molar-refractivity contribution in [2.45, 2.75) is 38.5 Å². The Kier molecular flexibility index (Phi) is 11.2. The lowest BCUT2D eigenvalue weighted by molar-refractivity contribution is -0.143. The summed E-state index contributed by atoms with van der Waals surface area (Å²) >= 11 is 0. The molecular weight excluding hydrogens is 617 g/mol. The van der Waals surface area contributed by atoms with E-state index in [0.717, 1.165) is 37.3 Å². The van der Waals surface area contributed by atoms with E-state index in [1.807, 2.05) is 44.3 Å². The molecule has 4 rings (SSSR count). The van der Waals surface area contributed by atoms with E-state index in [-0.39, 0.29) is 30.9 Å². The molecule has 3 aromatic rings. The summed E-state index contributed by atoms with van der Waals surface area (Å²) in [6.07, 6.45) is -8.51. The molecule has 43 heavy (non-hydrogen) atoms. The predicted octanol–water partition coefficient (Wildman–Crippen LogP) is 7.63. The van der Waals surface area contributed by atoms with E-state index in [1.54, 1.807) is 0 Å². The zero-order chi connectivity index (χ0) is 30.3. The third-order valence-electron chi connectivity index (χ3n) is 7.64. The maximum Gasteiger partial charge on any atom is 0.416 e. The van der Waals surface area contributed by atoms with Crippen molar-refractivity contribution in [2.24, 2.45) is 0 Å². The number of carbonyl (C=O) groups excluding carboxylic acids is 1. The molecule has 2 aromatic carbocycles. The number of halogens is 8. The van der Waals surface area contributed by atoms with Gasteiger partial charge in [-0.15, -0.1) is 24.8 Å². The summed E-state index contributed by atoms with van der Waals surface area (Å²) in [5, 5.41) is 0. The number of carbonyl (C=O) groups is 1. The van der Waals surface area contributed by atoms with Crippen molar-refractivity contribution in [1.82, 2.24) is 9.88 Å². The largest absolute Gasteiger partial charge is 0.416 e. The van der Waals surface area contributed by atoms with Crippen LogP contribution < -0.4 is 9.80 Å². The normalized spacial score (nSPS) is 14.5. The fraction of sp³-hybridized carbons (Fsp3) is 0.400. The van der Waals surface area contributed by atoms with Gasteiger partial charge in [-0.2, -0.15) is 26.3 Å². The van der Waals surface area contributed by atoms with Crippen LogP contribution in [0.1, 0.15) is 36.1 Å². The van der Waals surface area contributed by atoms with Gasteiger partial charge in [-0.05, 0) is 68.8 Å². The van der Waals surface area contributed by atoms with E-state index >= 15 is 0 Å². The van der Waals surface area contributed by atoms with Crippen LogP contribution in [0.5, 0.6) is 0 Å². The molecule has 0 spiro atoms. The molecule has 0 aliphatic carbocycles. The molecule has 0 unspecified atom stereocenters. The highest BCUT2D eigenvalue weighted by Crippen LogP contribution is 2.41. The minimum absolute atomic E-state index is 0. The second-order valence-electron chi connectivity index (χ2n) is 10.9. The van der Waals surface area contributed by atoms with Crippen molar-refractivity contribution >= 4 is 42.2 Å². The molecule has 0 N–H and O–H groups in total. The molecule has 2 heterocycles. The van der Waals surface area contributed by atoms with Crippen LogP contribution in [0.3, 0.4) is 0 Å². The number of aromatic nitrogens is 1. The number of hydrogen-bond donors (Lipinski definition) is 0. The molecule has 13 heteroatoms. The standard InChI is InChI=1S/C30H32F6N4O.2ClH/c1-19-8-6-7-9-23(19)24-17-26(40-12-10-38(4)11-13-40)37-18-25(24)39(5)27(41)28(2,3)20-14-21(29(31,32)33)16-22(15-20)30(34,35)36;;/h6-9,14-18H,10-13H2,1-5H3;2*1H. The van der Waals surface area contributed by atoms with Gasteiger partial charge in [0.2, 0.25) is 5.91 Å². The van der Waals surface area contributed by atoms with Crippen molar-refractivity contribution in [3.05, 3.63) is 77.0 Å². The van der Waals surface area contributed by atoms with E-state index in [2.05, 4.69) is 14.8 Å². The molecule has 1 amide bonds. The summed E-state index contributed by atoms with van der Waals surface area (Å²) in [4.78, 5) is 24.1. The minimum atomic E-state index is -5.03. The van der Waals surface area contributed by atoms with Crippen molar-refractivity contribution in [2.75, 3.05) is 50.1 Å². The number of pyridine rings is 1. The Bertz CT molecular complexity index is 1400. The van der Waals surface area contributed by atoms with Crippen molar-refractivity contribution in [3.63, 3.8) is 0 Å². The van der Waals surface area contributed by atoms with E-state index in [4.69, 9.17) is 0 Å². The number of piperazine rings is 1. The van der Waals surface area contributed by atoms with Gasteiger partial charge in [-0.1, -0.05) is 24.3 Å². The Labute approximate surface area is 259 Å². The predicted molar refractivity (Wildman–Crippen MR) is 161 cm³/mol. The Balaban J connectivity index is 0.00000323. The van der Waals surface area contributed by atoms with Gasteiger partial charge in [0.05, 0.1) is 28.4 Å². The zero-order valence-electron chi connectivity index (χ0n) is 24.3. The lowest BCUT2D eigenvalue weighted by Crippen LogP contribution is -2.45. The minimum Gasteiger partial charge on any atom is -0.354 e. The number of alkyl halides is 6. The third-order valence-corrected chi connectivity index (χ3v) is 7.64. The van der Waals surface area contributed by atoms with Crippen LogP contribution in [0, 0.1) is 6.92 Å². The lowest BCUT2D eigenvalue weighted by atomic mass is 9.81. The first-order chi connectivity index (χ1) is 19.0. The van der Waals surface area contributed by atoms with Crippen LogP contribution in [0.4, 0.5) is 37.8 Å². The number of hydrogen-bond acceptors (Lipinski definition) is 4. The SMILES string of the molecule is Cc1ccccc1-c1cc(N2CCN(C)CC2)ncc1N(C)C(=O)C(C)(C)c1cc(C(F)(F)F)cc(C(F)(F)F)c1.Cl.Cl. The molecule has 0 saturated carbocycles. The van der Waals surface area contributed by atoms with E-state index < -0.39 is 40.4 Å². The monoisotopic (exact) mass is 650 g/mol. The highest BCUT2D eigenvalue weighted by atomic mass is 35.5. The van der Waals surface area contributed by atoms with Gasteiger partial charge in [0, 0.05) is 38.8 Å². The van der Waals surface area contributed by atoms with Gasteiger partial charge >= 0.3 is 12.4 Å². The molecule has 1 aliphatic rings. The first-order valence-corrected chi connectivity index (χ1v) is 13.1. The Hall–Kier alpha value is -3.02. The molecule has 1 aliphatic heterocycles. The van der Waals surface area contributed by atoms with Crippen molar-refractivity contribution in [1.29, 1.82) is 0 Å². The molecule has 5 nitrogen and oxygen atoms in total. The molecule has 1 aromatic heterocycles. The fourth-order valence-corrected chi connectivity index (χ4v) is 4.97. The summed E-state index contributed by atoms with van der Waals surface area (Å²) < 4.78 is 81.4. The maximum atomic E-state index is 13.9. The lowest BCUT2D eigenvalue weighted by Gasteiger charge is -2.35. The molecule has 0 atom stereocenters. The first kappa shape index (κ1) is 36.2. The van der Waals surface area contributed by atoms with Crippen LogP contribution in [0.25, 0.3) is 11.1 Å². The van der Waals surface area contributed by atoms with Crippen LogP contribution in [0.2, 0.25) is 0 Å². The summed E-state index contributed by atoms with van der Waals surface area (Å²) in [5.74, 6) is 0.0295. The first-order valence-electron chi connectivity index (χ1n) is 13.1. The summed E-state index contributed by atoms with van der Waals surface area (Å²) in [6.45, 7) is 7.78. The summed E-state index contributed by atoms with van der Waals surface area (Å²) in [5.41, 5.74) is -2.25. The van der Waals surface area contributed by atoms with Crippen LogP contribution in [-0.2, 0) is 22.6 Å². The zero-order valence-corrected chi connectivity index (χ0v) is 25.9. The Morgan fingerprint density at radius 3 is 1.84 bits per heavy atom. The second-order valence-corrected chi connectivity index (χ2v) is 10.9. The van der Waals surface area contributed by atoms with E-state index in [9.17, 15) is 31.1 Å². The van der Waals surface area contributed by atoms with Crippen LogP contribution in [-0.4, -0.2) is 56.1 Å². The smallest absolute Gasteiger partial charge is 0.354 e. The van der Waals surface area contributed by atoms with Gasteiger partial charge in [0.1, 0.15) is 5.82 Å². The van der Waals surface area contributed by atoms with Gasteiger partial charge in [0.25, 0.3) is 0 Å². The Morgan fingerprint density at radius 2 is 1.33 bits per heavy atom. The van der Waals surface area contributed by atoms with Gasteiger partial charge in [-0.25, -0.2) is 4.98 Å². The average molecular weight is 652 g/mol. The average Bonchev–Trinajstić information content (AvgIpc) is 2.91. The number of nitrogens with zero attached hydrogens (tertiary/aromatic N) is 4. The molecule has 0 bridgehead atoms. The van der Waals surface area contributed by atoms with Crippen LogP contribution in [0.15, 0.2) is 54.7 Å². The number of anilines is 2. The van der Waals surface area contributed by atoms with Gasteiger partial charge in [0.15, 0.2) is 0 Å². The number of likely N-dealkylation sites (N-methyl/N-ethyl adjacent to an activating group) is 2. The van der Waals surface area contributed by atoms with Crippen LogP contribution >= 0.6 is 24.8 Å². The summed E-state index contributed by atoms with van der Waals surface area (Å²) in [7, 11) is 3.49. The van der Waals surface area contributed by atoms with E-state index in [1.165, 1.54) is 32.0 Å². The number of aryl methyl sites for hydroxylation is 1. The number of benzene rings is 2. The van der Waals surface area contributed by atoms with Crippen molar-refractivity contribution < 1.29 is 31.1 Å². The topological polar surface area (TPSA) is 39.7 Å². The molecule has 1 saturated heterocycles. The maximum absolute atomic E-state index is 13.9. The van der Waals surface area contributed by atoms with Crippen molar-refractivity contribution in [3.8, 4) is 11.1 Å². The Morgan fingerprint density at radius 1 is 0.814 bits per heavy atom. The van der Waals surface area contributed by atoms with Gasteiger partial charge < -0.3 is 14.7 Å². The molecule has 1 fully saturated rings. The second kappa shape index (κ2) is 13.3. The summed E-state index contributed by atoms with van der Waals surface area (Å²) in [6, 6.07) is 10.7. The third kappa shape index (κ3) is 7.74. The molecule has 236 valence electrons. The van der Waals surface area contributed by atoms with Gasteiger partial charge in [-0.3, -0.25) is 4.79 Å². The highest BCUT2D eigenvalue weighted by Gasteiger charge is 2.41.